The van der Waals surface area contributed by atoms with Gasteiger partial charge in [0.15, 0.2) is 0 Å². The van der Waals surface area contributed by atoms with Gasteiger partial charge < -0.3 is 5.32 Å². The molecule has 1 heterocycles. The molecule has 1 unspecified atom stereocenters. The van der Waals surface area contributed by atoms with Crippen LogP contribution in [0.25, 0.3) is 0 Å². The molecule has 0 saturated heterocycles. The topological polar surface area (TPSA) is 12.0 Å². The molecule has 0 fully saturated rings. The highest BCUT2D eigenvalue weighted by molar-refractivity contribution is 9.11. The molecule has 96 valence electrons. The Morgan fingerprint density at radius 3 is 2.50 bits per heavy atom. The van der Waals surface area contributed by atoms with Crippen LogP contribution >= 0.6 is 43.2 Å². The summed E-state index contributed by atoms with van der Waals surface area (Å²) in [6, 6.07) is 7.00. The van der Waals surface area contributed by atoms with Gasteiger partial charge in [-0.25, -0.2) is 4.39 Å². The standard InChI is InChI=1S/C13H12Br2FNS/c1-7-5-11(18-13(7)15)12(17-2)9-4-3-8(16)6-10(9)14/h3-6,12,17H,1-2H3. The summed E-state index contributed by atoms with van der Waals surface area (Å²) >= 11 is 8.65. The minimum Gasteiger partial charge on any atom is -0.309 e. The first-order valence-corrected chi connectivity index (χ1v) is 7.81. The average molecular weight is 393 g/mol. The lowest BCUT2D eigenvalue weighted by Crippen LogP contribution is -2.17. The van der Waals surface area contributed by atoms with Gasteiger partial charge in [0, 0.05) is 9.35 Å². The van der Waals surface area contributed by atoms with Crippen LogP contribution in [0.2, 0.25) is 0 Å². The molecule has 5 heteroatoms. The van der Waals surface area contributed by atoms with Crippen molar-refractivity contribution in [1.29, 1.82) is 0 Å². The SMILES string of the molecule is CNC(c1cc(C)c(Br)s1)c1ccc(F)cc1Br. The molecule has 0 saturated carbocycles. The summed E-state index contributed by atoms with van der Waals surface area (Å²) in [5.74, 6) is -0.232. The van der Waals surface area contributed by atoms with Gasteiger partial charge in [0.25, 0.3) is 0 Å². The monoisotopic (exact) mass is 391 g/mol. The summed E-state index contributed by atoms with van der Waals surface area (Å²) in [5, 5.41) is 3.27. The van der Waals surface area contributed by atoms with Crippen LogP contribution in [-0.4, -0.2) is 7.05 Å². The van der Waals surface area contributed by atoms with E-state index in [-0.39, 0.29) is 11.9 Å². The molecule has 1 aromatic carbocycles. The zero-order valence-corrected chi connectivity index (χ0v) is 13.9. The van der Waals surface area contributed by atoms with Crippen molar-refractivity contribution in [2.24, 2.45) is 0 Å². The number of nitrogens with one attached hydrogen (secondary N) is 1. The maximum Gasteiger partial charge on any atom is 0.124 e. The third-order valence-electron chi connectivity index (χ3n) is 2.72. The Bertz CT molecular complexity index is 549. The van der Waals surface area contributed by atoms with E-state index >= 15 is 0 Å². The Kier molecular flexibility index (Phi) is 4.59. The molecule has 1 nitrogen and oxygen atoms in total. The van der Waals surface area contributed by atoms with Crippen molar-refractivity contribution in [2.45, 2.75) is 13.0 Å². The fourth-order valence-corrected chi connectivity index (χ4v) is 4.09. The van der Waals surface area contributed by atoms with E-state index in [0.29, 0.717) is 0 Å². The number of halogens is 3. The Labute approximate surface area is 127 Å². The largest absolute Gasteiger partial charge is 0.309 e. The molecule has 1 aromatic heterocycles. The average Bonchev–Trinajstić information content (AvgIpc) is 2.63. The molecular formula is C13H12Br2FNS. The Balaban J connectivity index is 2.45. The van der Waals surface area contributed by atoms with Crippen LogP contribution in [0.4, 0.5) is 4.39 Å². The van der Waals surface area contributed by atoms with Crippen molar-refractivity contribution < 1.29 is 4.39 Å². The lowest BCUT2D eigenvalue weighted by Gasteiger charge is -2.16. The molecule has 1 N–H and O–H groups in total. The van der Waals surface area contributed by atoms with Gasteiger partial charge in [0.2, 0.25) is 0 Å². The highest BCUT2D eigenvalue weighted by atomic mass is 79.9. The van der Waals surface area contributed by atoms with Gasteiger partial charge in [-0.05, 0) is 59.2 Å². The van der Waals surface area contributed by atoms with Gasteiger partial charge in [0.1, 0.15) is 5.82 Å². The molecule has 0 aliphatic rings. The summed E-state index contributed by atoms with van der Waals surface area (Å²) in [5.41, 5.74) is 2.25. The van der Waals surface area contributed by atoms with Crippen LogP contribution in [0.1, 0.15) is 22.0 Å². The van der Waals surface area contributed by atoms with E-state index in [1.54, 1.807) is 11.3 Å². The molecule has 0 spiro atoms. The second-order valence-corrected chi connectivity index (χ2v) is 7.25. The number of thiophene rings is 1. The third-order valence-corrected chi connectivity index (χ3v) is 5.61. The summed E-state index contributed by atoms with van der Waals surface area (Å²) < 4.78 is 15.0. The molecule has 2 rings (SSSR count). The van der Waals surface area contributed by atoms with Crippen molar-refractivity contribution >= 4 is 43.2 Å². The van der Waals surface area contributed by atoms with Crippen molar-refractivity contribution in [1.82, 2.24) is 5.32 Å². The van der Waals surface area contributed by atoms with E-state index in [1.807, 2.05) is 13.1 Å². The first-order chi connectivity index (χ1) is 8.52. The molecule has 2 aromatic rings. The van der Waals surface area contributed by atoms with Crippen LogP contribution in [0, 0.1) is 12.7 Å². The van der Waals surface area contributed by atoms with Crippen LogP contribution in [0.5, 0.6) is 0 Å². The van der Waals surface area contributed by atoms with E-state index < -0.39 is 0 Å². The van der Waals surface area contributed by atoms with Gasteiger partial charge >= 0.3 is 0 Å². The minimum atomic E-state index is -0.232. The van der Waals surface area contributed by atoms with E-state index in [4.69, 9.17) is 0 Å². The number of benzene rings is 1. The summed E-state index contributed by atoms with van der Waals surface area (Å²) in [6.07, 6.45) is 0. The van der Waals surface area contributed by atoms with Crippen molar-refractivity contribution in [3.8, 4) is 0 Å². The van der Waals surface area contributed by atoms with Crippen LogP contribution in [0.15, 0.2) is 32.5 Å². The second kappa shape index (κ2) is 5.82. The summed E-state index contributed by atoms with van der Waals surface area (Å²) in [7, 11) is 1.91. The number of hydrogen-bond donors (Lipinski definition) is 1. The van der Waals surface area contributed by atoms with Crippen LogP contribution < -0.4 is 5.32 Å². The van der Waals surface area contributed by atoms with E-state index in [0.717, 1.165) is 13.8 Å². The lowest BCUT2D eigenvalue weighted by atomic mass is 10.1. The maximum absolute atomic E-state index is 13.1. The fourth-order valence-electron chi connectivity index (χ4n) is 1.81. The van der Waals surface area contributed by atoms with Crippen molar-refractivity contribution in [2.75, 3.05) is 7.05 Å². The van der Waals surface area contributed by atoms with Gasteiger partial charge in [-0.3, -0.25) is 0 Å². The Morgan fingerprint density at radius 2 is 2.00 bits per heavy atom. The fraction of sp³-hybridized carbons (Fsp3) is 0.231. The Morgan fingerprint density at radius 1 is 1.28 bits per heavy atom. The molecule has 1 atom stereocenters. The molecule has 18 heavy (non-hydrogen) atoms. The van der Waals surface area contributed by atoms with Gasteiger partial charge in [-0.15, -0.1) is 11.3 Å². The predicted octanol–water partition coefficient (Wildman–Crippen LogP) is 5.03. The number of hydrogen-bond acceptors (Lipinski definition) is 2. The van der Waals surface area contributed by atoms with Crippen molar-refractivity contribution in [3.63, 3.8) is 0 Å². The van der Waals surface area contributed by atoms with Gasteiger partial charge in [-0.1, -0.05) is 22.0 Å². The number of rotatable bonds is 3. The number of aryl methyl sites for hydroxylation is 1. The zero-order chi connectivity index (χ0) is 13.3. The van der Waals surface area contributed by atoms with Gasteiger partial charge in [0.05, 0.1) is 9.83 Å². The van der Waals surface area contributed by atoms with Crippen molar-refractivity contribution in [3.05, 3.63) is 54.3 Å². The second-order valence-electron chi connectivity index (χ2n) is 3.99. The van der Waals surface area contributed by atoms with E-state index in [2.05, 4.69) is 50.2 Å². The molecule has 0 radical (unpaired) electrons. The summed E-state index contributed by atoms with van der Waals surface area (Å²) in [6.45, 7) is 2.07. The molecular weight excluding hydrogens is 381 g/mol. The quantitative estimate of drug-likeness (QED) is 0.772. The molecule has 0 amide bonds. The van der Waals surface area contributed by atoms with Crippen LogP contribution in [-0.2, 0) is 0 Å². The molecule has 0 aliphatic heterocycles. The molecule has 0 aliphatic carbocycles. The third kappa shape index (κ3) is 2.85. The van der Waals surface area contributed by atoms with Gasteiger partial charge in [-0.2, -0.15) is 0 Å². The highest BCUT2D eigenvalue weighted by Crippen LogP contribution is 2.36. The van der Waals surface area contributed by atoms with E-state index in [9.17, 15) is 4.39 Å². The van der Waals surface area contributed by atoms with E-state index in [1.165, 1.54) is 22.6 Å². The zero-order valence-electron chi connectivity index (χ0n) is 9.93. The Hall–Kier alpha value is -0.230. The normalized spacial score (nSPS) is 12.7. The first kappa shape index (κ1) is 14.2. The predicted molar refractivity (Wildman–Crippen MR) is 81.8 cm³/mol. The lowest BCUT2D eigenvalue weighted by molar-refractivity contribution is 0.622. The highest BCUT2D eigenvalue weighted by Gasteiger charge is 2.18. The maximum atomic E-state index is 13.1. The smallest absolute Gasteiger partial charge is 0.124 e. The molecule has 0 bridgehead atoms. The first-order valence-electron chi connectivity index (χ1n) is 5.41. The summed E-state index contributed by atoms with van der Waals surface area (Å²) in [4.78, 5) is 1.20. The minimum absolute atomic E-state index is 0.0648. The van der Waals surface area contributed by atoms with Crippen LogP contribution in [0.3, 0.4) is 0 Å².